The zero-order valence-corrected chi connectivity index (χ0v) is 9.37. The molecule has 2 nitrogen and oxygen atoms in total. The molecule has 0 N–H and O–H groups in total. The number of carbonyl (C=O) groups excluding carboxylic acids is 1. The van der Waals surface area contributed by atoms with Gasteiger partial charge in [-0.05, 0) is 31.5 Å². The normalized spacial score (nSPS) is 24.6. The van der Waals surface area contributed by atoms with E-state index in [0.717, 1.165) is 13.0 Å². The minimum Gasteiger partial charge on any atom is -0.267 e. The van der Waals surface area contributed by atoms with Crippen LogP contribution in [0.25, 0.3) is 0 Å². The molecule has 6 heteroatoms. The highest BCUT2D eigenvalue weighted by atomic mass is 32.2. The van der Waals surface area contributed by atoms with E-state index >= 15 is 0 Å². The number of thioether (sulfide) groups is 1. The number of hydrogen-bond acceptors (Lipinski definition) is 2. The molecular weight excluding hydrogens is 239 g/mol. The summed E-state index contributed by atoms with van der Waals surface area (Å²) >= 11 is 0.516. The van der Waals surface area contributed by atoms with E-state index in [1.54, 1.807) is 6.92 Å². The summed E-state index contributed by atoms with van der Waals surface area (Å²) in [5, 5.41) is -2.86. The average Bonchev–Trinajstić information content (AvgIpc) is 2.12. The minimum atomic E-state index is -2.40. The van der Waals surface area contributed by atoms with Crippen LogP contribution in [0.15, 0.2) is 17.0 Å². The molecule has 1 heterocycles. The summed E-state index contributed by atoms with van der Waals surface area (Å²) in [6.45, 7) is 2.56. The molecule has 0 fully saturated rings. The van der Waals surface area contributed by atoms with Crippen molar-refractivity contribution >= 4 is 23.4 Å². The number of fused-ring (bicyclic) bond motifs is 1. The van der Waals surface area contributed by atoms with Crippen LogP contribution in [-0.2, 0) is 4.79 Å². The van der Waals surface area contributed by atoms with Gasteiger partial charge in [-0.15, -0.1) is 5.12 Å². The summed E-state index contributed by atoms with van der Waals surface area (Å²) in [7, 11) is 0. The summed E-state index contributed by atoms with van der Waals surface area (Å²) in [6, 6.07) is 2.54. The van der Waals surface area contributed by atoms with E-state index in [1.165, 1.54) is 6.07 Å². The Balaban J connectivity index is 2.64. The van der Waals surface area contributed by atoms with Gasteiger partial charge in [-0.2, -0.15) is 0 Å². The lowest BCUT2D eigenvalue weighted by molar-refractivity contribution is -0.127. The average molecular weight is 247 g/mol. The first-order chi connectivity index (χ1) is 7.33. The third-order valence-electron chi connectivity index (χ3n) is 2.23. The van der Waals surface area contributed by atoms with Gasteiger partial charge in [0.15, 0.2) is 5.82 Å². The predicted octanol–water partition coefficient (Wildman–Crippen LogP) is 3.14. The second-order valence-corrected chi connectivity index (χ2v) is 5.11. The molecule has 2 rings (SSSR count). The summed E-state index contributed by atoms with van der Waals surface area (Å²) in [5.74, 6) is -2.26. The highest BCUT2D eigenvalue weighted by Crippen LogP contribution is 2.47. The van der Waals surface area contributed by atoms with E-state index in [0.29, 0.717) is 17.3 Å². The van der Waals surface area contributed by atoms with Gasteiger partial charge in [0.1, 0.15) is 5.69 Å². The van der Waals surface area contributed by atoms with E-state index in [1.807, 2.05) is 0 Å². The van der Waals surface area contributed by atoms with Gasteiger partial charge in [0.2, 0.25) is 5.00 Å². The maximum absolute atomic E-state index is 13.7. The van der Waals surface area contributed by atoms with E-state index in [-0.39, 0.29) is 4.90 Å². The van der Waals surface area contributed by atoms with Crippen molar-refractivity contribution in [3.63, 3.8) is 0 Å². The van der Waals surface area contributed by atoms with Gasteiger partial charge in [-0.25, -0.2) is 8.78 Å². The standard InChI is InChI=1S/C10H8F3NOS/c1-5-3-6(11)8-7(4-5)16-10(2,12)9(15)14(8)13/h3-4H,1-2H3. The van der Waals surface area contributed by atoms with Gasteiger partial charge >= 0.3 is 5.91 Å². The van der Waals surface area contributed by atoms with Gasteiger partial charge in [0.05, 0.1) is 0 Å². The topological polar surface area (TPSA) is 20.3 Å². The molecule has 0 aliphatic carbocycles. The van der Waals surface area contributed by atoms with Gasteiger partial charge < -0.3 is 0 Å². The zero-order chi connectivity index (χ0) is 12.1. The van der Waals surface area contributed by atoms with Crippen molar-refractivity contribution in [2.75, 3.05) is 5.12 Å². The smallest absolute Gasteiger partial charge is 0.267 e. The van der Waals surface area contributed by atoms with Crippen molar-refractivity contribution in [2.24, 2.45) is 0 Å². The minimum absolute atomic E-state index is 0.0876. The molecule has 86 valence electrons. The number of halogens is 3. The molecule has 1 aromatic carbocycles. The third-order valence-corrected chi connectivity index (χ3v) is 3.32. The van der Waals surface area contributed by atoms with Crippen LogP contribution in [-0.4, -0.2) is 10.9 Å². The number of anilines is 1. The number of benzene rings is 1. The van der Waals surface area contributed by atoms with Crippen LogP contribution >= 0.6 is 11.8 Å². The molecule has 16 heavy (non-hydrogen) atoms. The summed E-state index contributed by atoms with van der Waals surface area (Å²) in [6.07, 6.45) is 0. The van der Waals surface area contributed by atoms with E-state index in [4.69, 9.17) is 0 Å². The lowest BCUT2D eigenvalue weighted by Crippen LogP contribution is -2.41. The predicted molar refractivity (Wildman–Crippen MR) is 55.1 cm³/mol. The largest absolute Gasteiger partial charge is 0.303 e. The van der Waals surface area contributed by atoms with Crippen LogP contribution in [0.4, 0.5) is 18.9 Å². The third kappa shape index (κ3) is 1.57. The van der Waals surface area contributed by atoms with Gasteiger partial charge in [-0.1, -0.05) is 16.2 Å². The fraction of sp³-hybridized carbons (Fsp3) is 0.300. The number of rotatable bonds is 0. The molecule has 1 aliphatic heterocycles. The van der Waals surface area contributed by atoms with Crippen molar-refractivity contribution < 1.29 is 18.1 Å². The summed E-state index contributed by atoms with van der Waals surface area (Å²) in [4.78, 5) is 11.3. The molecule has 0 radical (unpaired) electrons. The Labute approximate surface area is 94.4 Å². The fourth-order valence-electron chi connectivity index (χ4n) is 1.50. The fourth-order valence-corrected chi connectivity index (χ4v) is 2.60. The maximum atomic E-state index is 13.7. The molecule has 0 aromatic heterocycles. The van der Waals surface area contributed by atoms with Crippen LogP contribution in [0.2, 0.25) is 0 Å². The lowest BCUT2D eigenvalue weighted by atomic mass is 10.2. The molecule has 0 bridgehead atoms. The van der Waals surface area contributed by atoms with Crippen molar-refractivity contribution in [3.05, 3.63) is 23.5 Å². The van der Waals surface area contributed by atoms with Crippen LogP contribution in [0.3, 0.4) is 0 Å². The number of amides is 1. The Morgan fingerprint density at radius 3 is 2.69 bits per heavy atom. The lowest BCUT2D eigenvalue weighted by Gasteiger charge is -2.29. The van der Waals surface area contributed by atoms with E-state index in [2.05, 4.69) is 0 Å². The Morgan fingerprint density at radius 2 is 2.06 bits per heavy atom. The number of aryl methyl sites for hydroxylation is 1. The molecule has 1 unspecified atom stereocenters. The van der Waals surface area contributed by atoms with Gasteiger partial charge in [-0.3, -0.25) is 4.79 Å². The molecular formula is C10H8F3NOS. The number of hydrogen-bond donors (Lipinski definition) is 0. The van der Waals surface area contributed by atoms with Crippen LogP contribution in [0.5, 0.6) is 0 Å². The molecule has 0 spiro atoms. The first-order valence-corrected chi connectivity index (χ1v) is 5.33. The second-order valence-electron chi connectivity index (χ2n) is 3.70. The first kappa shape index (κ1) is 11.3. The second kappa shape index (κ2) is 3.41. The van der Waals surface area contributed by atoms with Gasteiger partial charge in [0.25, 0.3) is 0 Å². The highest BCUT2D eigenvalue weighted by molar-refractivity contribution is 8.01. The quantitative estimate of drug-likeness (QED) is 0.656. The zero-order valence-electron chi connectivity index (χ0n) is 8.55. The van der Waals surface area contributed by atoms with Crippen molar-refractivity contribution in [1.82, 2.24) is 0 Å². The van der Waals surface area contributed by atoms with Crippen molar-refractivity contribution in [3.8, 4) is 0 Å². The van der Waals surface area contributed by atoms with Crippen LogP contribution in [0, 0.1) is 12.7 Å². The Hall–Kier alpha value is -1.17. The maximum Gasteiger partial charge on any atom is 0.303 e. The van der Waals surface area contributed by atoms with Crippen LogP contribution < -0.4 is 5.12 Å². The molecule has 0 saturated heterocycles. The Kier molecular flexibility index (Phi) is 2.41. The first-order valence-electron chi connectivity index (χ1n) is 4.51. The number of alkyl halides is 1. The monoisotopic (exact) mass is 247 g/mol. The van der Waals surface area contributed by atoms with Gasteiger partial charge in [0, 0.05) is 4.90 Å². The van der Waals surface area contributed by atoms with Crippen LogP contribution in [0.1, 0.15) is 12.5 Å². The molecule has 1 atom stereocenters. The van der Waals surface area contributed by atoms with E-state index < -0.39 is 27.5 Å². The summed E-state index contributed by atoms with van der Waals surface area (Å²) < 4.78 is 40.6. The number of nitrogens with zero attached hydrogens (tertiary/aromatic N) is 1. The Bertz CT molecular complexity index is 475. The number of carbonyl (C=O) groups is 1. The van der Waals surface area contributed by atoms with Crippen molar-refractivity contribution in [2.45, 2.75) is 23.7 Å². The molecule has 1 aliphatic rings. The Morgan fingerprint density at radius 1 is 1.44 bits per heavy atom. The van der Waals surface area contributed by atoms with E-state index in [9.17, 15) is 18.1 Å². The molecule has 0 saturated carbocycles. The molecule has 1 aromatic rings. The SMILES string of the molecule is Cc1cc(F)c2c(c1)SC(C)(F)C(=O)N2F. The van der Waals surface area contributed by atoms with Crippen molar-refractivity contribution in [1.29, 1.82) is 0 Å². The molecule has 1 amide bonds. The summed E-state index contributed by atoms with van der Waals surface area (Å²) in [5.41, 5.74) is 0.0398. The highest BCUT2D eigenvalue weighted by Gasteiger charge is 2.46.